The molecule has 3 nitrogen and oxygen atoms in total. The second-order valence-electron chi connectivity index (χ2n) is 3.04. The molecule has 0 atom stereocenters. The lowest BCUT2D eigenvalue weighted by Crippen LogP contribution is -2.08. The Morgan fingerprint density at radius 3 is 2.50 bits per heavy atom. The maximum atomic E-state index is 11.6. The predicted molar refractivity (Wildman–Crippen MR) is 58.3 cm³/mol. The molecular formula is C9H12ClNO2S. The van der Waals surface area contributed by atoms with Crippen LogP contribution < -0.4 is 5.73 Å². The molecule has 0 unspecified atom stereocenters. The Hall–Kier alpha value is -0.740. The van der Waals surface area contributed by atoms with Gasteiger partial charge in [-0.05, 0) is 24.6 Å². The van der Waals surface area contributed by atoms with Crippen LogP contribution in [0.4, 0.5) is 5.69 Å². The fourth-order valence-electron chi connectivity index (χ4n) is 1.14. The van der Waals surface area contributed by atoms with Crippen LogP contribution in [0.25, 0.3) is 0 Å². The van der Waals surface area contributed by atoms with Crippen LogP contribution in [0.3, 0.4) is 0 Å². The van der Waals surface area contributed by atoms with E-state index in [1.54, 1.807) is 19.9 Å². The molecule has 78 valence electrons. The fourth-order valence-corrected chi connectivity index (χ4v) is 2.59. The Morgan fingerprint density at radius 2 is 2.00 bits per heavy atom. The second kappa shape index (κ2) is 3.79. The molecule has 0 radical (unpaired) electrons. The van der Waals surface area contributed by atoms with Crippen LogP contribution in [-0.2, 0) is 9.84 Å². The molecule has 1 aromatic rings. The molecule has 1 aromatic carbocycles. The highest BCUT2D eigenvalue weighted by Crippen LogP contribution is 2.27. The van der Waals surface area contributed by atoms with E-state index in [1.165, 1.54) is 6.07 Å². The van der Waals surface area contributed by atoms with Gasteiger partial charge >= 0.3 is 0 Å². The molecule has 0 aliphatic rings. The van der Waals surface area contributed by atoms with Crippen LogP contribution in [0.1, 0.15) is 12.5 Å². The summed E-state index contributed by atoms with van der Waals surface area (Å²) in [4.78, 5) is 0.130. The highest BCUT2D eigenvalue weighted by Gasteiger charge is 2.17. The number of nitrogen functional groups attached to an aromatic ring is 1. The number of sulfone groups is 1. The van der Waals surface area contributed by atoms with Crippen LogP contribution in [0.5, 0.6) is 0 Å². The van der Waals surface area contributed by atoms with Crippen LogP contribution >= 0.6 is 11.6 Å². The molecule has 0 heterocycles. The Morgan fingerprint density at radius 1 is 1.43 bits per heavy atom. The van der Waals surface area contributed by atoms with Crippen molar-refractivity contribution >= 4 is 27.1 Å². The molecular weight excluding hydrogens is 222 g/mol. The van der Waals surface area contributed by atoms with E-state index in [-0.39, 0.29) is 16.3 Å². The van der Waals surface area contributed by atoms with Gasteiger partial charge < -0.3 is 5.73 Å². The molecule has 14 heavy (non-hydrogen) atoms. The number of nitrogens with two attached hydrogens (primary N) is 1. The molecule has 1 rings (SSSR count). The predicted octanol–water partition coefficient (Wildman–Crippen LogP) is 2.02. The molecule has 0 saturated carbocycles. The van der Waals surface area contributed by atoms with Gasteiger partial charge in [0, 0.05) is 5.02 Å². The van der Waals surface area contributed by atoms with Gasteiger partial charge in [-0.15, -0.1) is 0 Å². The Kier molecular flexibility index (Phi) is 3.07. The monoisotopic (exact) mass is 233 g/mol. The number of benzene rings is 1. The van der Waals surface area contributed by atoms with Gasteiger partial charge in [-0.25, -0.2) is 8.42 Å². The van der Waals surface area contributed by atoms with E-state index >= 15 is 0 Å². The number of hydrogen-bond donors (Lipinski definition) is 1. The average Bonchev–Trinajstić information content (AvgIpc) is 2.11. The van der Waals surface area contributed by atoms with Crippen molar-refractivity contribution in [2.75, 3.05) is 11.5 Å². The minimum absolute atomic E-state index is 0.0248. The first-order valence-corrected chi connectivity index (χ1v) is 6.20. The van der Waals surface area contributed by atoms with Gasteiger partial charge in [-0.3, -0.25) is 0 Å². The zero-order valence-electron chi connectivity index (χ0n) is 8.04. The van der Waals surface area contributed by atoms with Crippen molar-refractivity contribution in [3.05, 3.63) is 22.7 Å². The maximum Gasteiger partial charge on any atom is 0.180 e. The van der Waals surface area contributed by atoms with Crippen molar-refractivity contribution < 1.29 is 8.42 Å². The highest BCUT2D eigenvalue weighted by atomic mass is 35.5. The first kappa shape index (κ1) is 11.3. The van der Waals surface area contributed by atoms with Crippen LogP contribution in [0.2, 0.25) is 5.02 Å². The number of hydrogen-bond acceptors (Lipinski definition) is 3. The summed E-state index contributed by atoms with van der Waals surface area (Å²) >= 11 is 5.77. The maximum absolute atomic E-state index is 11.6. The van der Waals surface area contributed by atoms with Gasteiger partial charge in [0.25, 0.3) is 0 Å². The molecule has 0 aromatic heterocycles. The molecule has 0 fully saturated rings. The highest BCUT2D eigenvalue weighted by molar-refractivity contribution is 7.91. The molecule has 0 aliphatic carbocycles. The van der Waals surface area contributed by atoms with E-state index in [0.717, 1.165) is 0 Å². The van der Waals surface area contributed by atoms with Gasteiger partial charge in [-0.2, -0.15) is 0 Å². The van der Waals surface area contributed by atoms with Gasteiger partial charge in [0.2, 0.25) is 0 Å². The van der Waals surface area contributed by atoms with E-state index in [1.807, 2.05) is 0 Å². The standard InChI is InChI=1S/C9H12ClNO2S/c1-3-14(12,13)8-5-7(10)4-6(2)9(8)11/h4-5H,3,11H2,1-2H3. The van der Waals surface area contributed by atoms with Gasteiger partial charge in [-0.1, -0.05) is 18.5 Å². The second-order valence-corrected chi connectivity index (χ2v) is 5.72. The smallest absolute Gasteiger partial charge is 0.180 e. The van der Waals surface area contributed by atoms with E-state index in [0.29, 0.717) is 10.6 Å². The fraction of sp³-hybridized carbons (Fsp3) is 0.333. The summed E-state index contributed by atoms with van der Waals surface area (Å²) in [6.07, 6.45) is 0. The van der Waals surface area contributed by atoms with Gasteiger partial charge in [0.05, 0.1) is 16.3 Å². The number of halogens is 1. The van der Waals surface area contributed by atoms with E-state index in [9.17, 15) is 8.42 Å². The first-order valence-electron chi connectivity index (χ1n) is 4.17. The summed E-state index contributed by atoms with van der Waals surface area (Å²) in [6.45, 7) is 3.31. The summed E-state index contributed by atoms with van der Waals surface area (Å²) in [5.74, 6) is 0.0248. The number of rotatable bonds is 2. The van der Waals surface area contributed by atoms with Crippen molar-refractivity contribution in [1.29, 1.82) is 0 Å². The van der Waals surface area contributed by atoms with E-state index in [2.05, 4.69) is 0 Å². The number of anilines is 1. The van der Waals surface area contributed by atoms with E-state index in [4.69, 9.17) is 17.3 Å². The van der Waals surface area contributed by atoms with E-state index < -0.39 is 9.84 Å². The minimum Gasteiger partial charge on any atom is -0.397 e. The summed E-state index contributed by atoms with van der Waals surface area (Å²) < 4.78 is 23.2. The van der Waals surface area contributed by atoms with Gasteiger partial charge in [0.15, 0.2) is 9.84 Å². The lowest BCUT2D eigenvalue weighted by Gasteiger charge is -2.08. The van der Waals surface area contributed by atoms with Crippen molar-refractivity contribution in [2.24, 2.45) is 0 Å². The molecule has 0 aliphatic heterocycles. The quantitative estimate of drug-likeness (QED) is 0.796. The summed E-state index contributed by atoms with van der Waals surface area (Å²) in [5, 5.41) is 0.392. The molecule has 0 saturated heterocycles. The summed E-state index contributed by atoms with van der Waals surface area (Å²) in [5.41, 5.74) is 6.65. The number of aryl methyl sites for hydroxylation is 1. The Bertz CT molecular complexity index is 454. The van der Waals surface area contributed by atoms with Crippen LogP contribution in [-0.4, -0.2) is 14.2 Å². The van der Waals surface area contributed by atoms with Crippen LogP contribution in [0, 0.1) is 6.92 Å². The summed E-state index contributed by atoms with van der Waals surface area (Å²) in [6, 6.07) is 3.04. The van der Waals surface area contributed by atoms with Crippen molar-refractivity contribution in [2.45, 2.75) is 18.7 Å². The third-order valence-electron chi connectivity index (χ3n) is 2.03. The molecule has 5 heteroatoms. The minimum atomic E-state index is -3.28. The topological polar surface area (TPSA) is 60.2 Å². The lowest BCUT2D eigenvalue weighted by atomic mass is 10.2. The third kappa shape index (κ3) is 2.01. The van der Waals surface area contributed by atoms with Crippen molar-refractivity contribution in [3.8, 4) is 0 Å². The Balaban J connectivity index is 3.50. The molecule has 0 spiro atoms. The normalized spacial score (nSPS) is 11.6. The van der Waals surface area contributed by atoms with Crippen LogP contribution in [0.15, 0.2) is 17.0 Å². The third-order valence-corrected chi connectivity index (χ3v) is 4.01. The SMILES string of the molecule is CCS(=O)(=O)c1cc(Cl)cc(C)c1N. The average molecular weight is 234 g/mol. The summed E-state index contributed by atoms with van der Waals surface area (Å²) in [7, 11) is -3.28. The first-order chi connectivity index (χ1) is 6.38. The molecule has 0 bridgehead atoms. The zero-order chi connectivity index (χ0) is 10.9. The molecule has 0 amide bonds. The largest absolute Gasteiger partial charge is 0.397 e. The molecule has 2 N–H and O–H groups in total. The van der Waals surface area contributed by atoms with Gasteiger partial charge in [0.1, 0.15) is 0 Å². The lowest BCUT2D eigenvalue weighted by molar-refractivity contribution is 0.597. The van der Waals surface area contributed by atoms with Crippen molar-refractivity contribution in [3.63, 3.8) is 0 Å². The Labute approximate surface area is 88.8 Å². The van der Waals surface area contributed by atoms with Crippen molar-refractivity contribution in [1.82, 2.24) is 0 Å². The zero-order valence-corrected chi connectivity index (χ0v) is 9.61.